The van der Waals surface area contributed by atoms with Crippen LogP contribution in [-0.4, -0.2) is 11.7 Å². The molecule has 3 nitrogen and oxygen atoms in total. The number of nitrogens with zero attached hydrogens (tertiary/aromatic N) is 1. The first kappa shape index (κ1) is 19.8. The highest BCUT2D eigenvalue weighted by atomic mass is 16.5. The summed E-state index contributed by atoms with van der Waals surface area (Å²) in [5, 5.41) is 7.76. The number of benzene rings is 3. The van der Waals surface area contributed by atoms with Crippen LogP contribution in [0, 0.1) is 6.92 Å². The van der Waals surface area contributed by atoms with E-state index in [9.17, 15) is 0 Å². The van der Waals surface area contributed by atoms with Crippen molar-refractivity contribution in [2.45, 2.75) is 38.6 Å². The van der Waals surface area contributed by atoms with Crippen molar-refractivity contribution in [3.63, 3.8) is 0 Å². The Morgan fingerprint density at radius 2 is 1.48 bits per heavy atom. The molecule has 0 aliphatic heterocycles. The molecule has 1 heterocycles. The summed E-state index contributed by atoms with van der Waals surface area (Å²) in [7, 11) is 0. The number of aromatic nitrogens is 1. The summed E-state index contributed by atoms with van der Waals surface area (Å²) in [5.74, 6) is 1.68. The van der Waals surface area contributed by atoms with E-state index in [1.807, 2.05) is 13.0 Å². The number of rotatable bonds is 8. The second-order valence-corrected chi connectivity index (χ2v) is 8.46. The minimum absolute atomic E-state index is 0.798. The molecule has 0 atom stereocenters. The van der Waals surface area contributed by atoms with Crippen LogP contribution in [0.3, 0.4) is 0 Å². The minimum atomic E-state index is 0.798. The van der Waals surface area contributed by atoms with Crippen molar-refractivity contribution in [1.29, 1.82) is 0 Å². The van der Waals surface area contributed by atoms with Crippen LogP contribution < -0.4 is 5.32 Å². The highest BCUT2D eigenvalue weighted by Gasteiger charge is 2.23. The van der Waals surface area contributed by atoms with E-state index in [1.165, 1.54) is 40.7 Å². The van der Waals surface area contributed by atoms with Crippen molar-refractivity contribution < 1.29 is 4.52 Å². The first-order valence-corrected chi connectivity index (χ1v) is 11.2. The molecule has 1 fully saturated rings. The smallest absolute Gasteiger partial charge is 0.170 e. The minimum Gasteiger partial charge on any atom is -0.356 e. The molecule has 31 heavy (non-hydrogen) atoms. The van der Waals surface area contributed by atoms with E-state index in [1.54, 1.807) is 0 Å². The van der Waals surface area contributed by atoms with E-state index in [2.05, 4.69) is 83.3 Å². The molecule has 1 aliphatic carbocycles. The summed E-state index contributed by atoms with van der Waals surface area (Å²) in [6.45, 7) is 3.78. The van der Waals surface area contributed by atoms with Crippen LogP contribution in [-0.2, 0) is 13.0 Å². The normalized spacial score (nSPS) is 13.5. The summed E-state index contributed by atoms with van der Waals surface area (Å²) in [4.78, 5) is 0. The molecule has 1 N–H and O–H groups in total. The van der Waals surface area contributed by atoms with Crippen LogP contribution in [0.25, 0.3) is 22.5 Å². The Morgan fingerprint density at radius 1 is 0.839 bits per heavy atom. The zero-order valence-corrected chi connectivity index (χ0v) is 18.0. The maximum atomic E-state index is 5.71. The molecule has 1 aromatic heterocycles. The second kappa shape index (κ2) is 8.91. The predicted molar refractivity (Wildman–Crippen MR) is 126 cm³/mol. The molecule has 0 unspecified atom stereocenters. The molecular weight excluding hydrogens is 380 g/mol. The Balaban J connectivity index is 1.25. The number of hydrogen-bond donors (Lipinski definition) is 1. The molecule has 0 bridgehead atoms. The van der Waals surface area contributed by atoms with Crippen LogP contribution >= 0.6 is 0 Å². The molecule has 0 amide bonds. The highest BCUT2D eigenvalue weighted by Crippen LogP contribution is 2.40. The Bertz CT molecular complexity index is 1120. The van der Waals surface area contributed by atoms with Crippen molar-refractivity contribution in [2.24, 2.45) is 0 Å². The van der Waals surface area contributed by atoms with Crippen molar-refractivity contribution in [2.75, 3.05) is 6.54 Å². The molecule has 3 heteroatoms. The quantitative estimate of drug-likeness (QED) is 0.337. The third-order valence-corrected chi connectivity index (χ3v) is 6.15. The van der Waals surface area contributed by atoms with Gasteiger partial charge < -0.3 is 9.84 Å². The van der Waals surface area contributed by atoms with Gasteiger partial charge in [0.1, 0.15) is 0 Å². The van der Waals surface area contributed by atoms with Gasteiger partial charge in [0.15, 0.2) is 5.76 Å². The fourth-order valence-electron chi connectivity index (χ4n) is 4.13. The summed E-state index contributed by atoms with van der Waals surface area (Å²) < 4.78 is 5.71. The molecule has 1 saturated carbocycles. The van der Waals surface area contributed by atoms with E-state index >= 15 is 0 Å². The molecule has 156 valence electrons. The monoisotopic (exact) mass is 408 g/mol. The predicted octanol–water partition coefficient (Wildman–Crippen LogP) is 6.53. The topological polar surface area (TPSA) is 38.1 Å². The van der Waals surface area contributed by atoms with E-state index in [4.69, 9.17) is 4.52 Å². The molecule has 0 spiro atoms. The molecule has 5 rings (SSSR count). The average Bonchev–Trinajstić information content (AvgIpc) is 3.61. The Morgan fingerprint density at radius 3 is 2.16 bits per heavy atom. The van der Waals surface area contributed by atoms with Gasteiger partial charge in [-0.05, 0) is 60.9 Å². The number of hydrogen-bond acceptors (Lipinski definition) is 3. The second-order valence-electron chi connectivity index (χ2n) is 8.46. The number of nitrogens with one attached hydrogen (secondary N) is 1. The largest absolute Gasteiger partial charge is 0.356 e. The summed E-state index contributed by atoms with van der Waals surface area (Å²) >= 11 is 0. The highest BCUT2D eigenvalue weighted by molar-refractivity contribution is 5.70. The van der Waals surface area contributed by atoms with Gasteiger partial charge in [0, 0.05) is 17.7 Å². The SMILES string of the molecule is Cc1noc(-c2ccc(-c3ccc(C4CC4)cc3)cc2)c1CCNCc1ccccc1. The molecule has 3 aromatic carbocycles. The standard InChI is InChI=1S/C28H28N2O/c1-20-27(17-18-29-19-21-5-3-2-4-6-21)28(31-30-20)26-15-13-25(14-16-26)24-11-9-23(10-12-24)22-7-8-22/h2-6,9-16,22,29H,7-8,17-19H2,1H3. The first-order valence-electron chi connectivity index (χ1n) is 11.2. The van der Waals surface area contributed by atoms with E-state index in [0.717, 1.165) is 42.4 Å². The van der Waals surface area contributed by atoms with Crippen LogP contribution in [0.2, 0.25) is 0 Å². The lowest BCUT2D eigenvalue weighted by molar-refractivity contribution is 0.426. The van der Waals surface area contributed by atoms with Gasteiger partial charge in [0.2, 0.25) is 0 Å². The lowest BCUT2D eigenvalue weighted by Crippen LogP contribution is -2.17. The Hall–Kier alpha value is -3.17. The van der Waals surface area contributed by atoms with Gasteiger partial charge in [-0.3, -0.25) is 0 Å². The van der Waals surface area contributed by atoms with Gasteiger partial charge in [0.05, 0.1) is 5.69 Å². The van der Waals surface area contributed by atoms with Crippen molar-refractivity contribution in [3.8, 4) is 22.5 Å². The van der Waals surface area contributed by atoms with Gasteiger partial charge in [0.25, 0.3) is 0 Å². The lowest BCUT2D eigenvalue weighted by atomic mass is 9.99. The van der Waals surface area contributed by atoms with Crippen molar-refractivity contribution >= 4 is 0 Å². The zero-order chi connectivity index (χ0) is 21.0. The van der Waals surface area contributed by atoms with Gasteiger partial charge in [-0.2, -0.15) is 0 Å². The summed E-state index contributed by atoms with van der Waals surface area (Å²) in [5.41, 5.74) is 8.49. The van der Waals surface area contributed by atoms with Crippen LogP contribution in [0.1, 0.15) is 41.1 Å². The molecule has 4 aromatic rings. The van der Waals surface area contributed by atoms with Crippen LogP contribution in [0.4, 0.5) is 0 Å². The number of aryl methyl sites for hydroxylation is 1. The Labute approximate surface area is 184 Å². The molecule has 1 aliphatic rings. The van der Waals surface area contributed by atoms with Gasteiger partial charge >= 0.3 is 0 Å². The third-order valence-electron chi connectivity index (χ3n) is 6.15. The maximum absolute atomic E-state index is 5.71. The van der Waals surface area contributed by atoms with E-state index in [-0.39, 0.29) is 0 Å². The fraction of sp³-hybridized carbons (Fsp3) is 0.250. The average molecular weight is 409 g/mol. The fourth-order valence-corrected chi connectivity index (χ4v) is 4.13. The van der Waals surface area contributed by atoms with E-state index in [0.29, 0.717) is 0 Å². The zero-order valence-electron chi connectivity index (χ0n) is 18.0. The van der Waals surface area contributed by atoms with Gasteiger partial charge in [-0.25, -0.2) is 0 Å². The molecular formula is C28H28N2O. The molecule has 0 radical (unpaired) electrons. The Kier molecular flexibility index (Phi) is 5.68. The van der Waals surface area contributed by atoms with Crippen molar-refractivity contribution in [1.82, 2.24) is 10.5 Å². The first-order chi connectivity index (χ1) is 15.3. The summed E-state index contributed by atoms with van der Waals surface area (Å²) in [6, 6.07) is 28.2. The van der Waals surface area contributed by atoms with Crippen LogP contribution in [0.5, 0.6) is 0 Å². The van der Waals surface area contributed by atoms with Gasteiger partial charge in [-0.15, -0.1) is 0 Å². The third kappa shape index (κ3) is 4.62. The van der Waals surface area contributed by atoms with Crippen molar-refractivity contribution in [3.05, 3.63) is 101 Å². The lowest BCUT2D eigenvalue weighted by Gasteiger charge is -2.07. The summed E-state index contributed by atoms with van der Waals surface area (Å²) in [6.07, 6.45) is 3.57. The van der Waals surface area contributed by atoms with Gasteiger partial charge in [-0.1, -0.05) is 84.0 Å². The molecule has 0 saturated heterocycles. The maximum Gasteiger partial charge on any atom is 0.170 e. The van der Waals surface area contributed by atoms with Crippen LogP contribution in [0.15, 0.2) is 83.4 Å². The van der Waals surface area contributed by atoms with E-state index < -0.39 is 0 Å².